The van der Waals surface area contributed by atoms with E-state index in [2.05, 4.69) is 4.98 Å². The Morgan fingerprint density at radius 2 is 2.43 bits per heavy atom. The Morgan fingerprint density at radius 1 is 1.57 bits per heavy atom. The maximum absolute atomic E-state index is 10.4. The molecule has 72 valence electrons. The van der Waals surface area contributed by atoms with Crippen molar-refractivity contribution in [2.24, 2.45) is 0 Å². The van der Waals surface area contributed by atoms with Crippen LogP contribution in [0.5, 0.6) is 0 Å². The average molecular weight is 191 g/mol. The van der Waals surface area contributed by atoms with Gasteiger partial charge in [0.1, 0.15) is 0 Å². The zero-order chi connectivity index (χ0) is 9.97. The first kappa shape index (κ1) is 8.74. The molecule has 2 aromatic rings. The molecule has 0 atom stereocenters. The summed E-state index contributed by atoms with van der Waals surface area (Å²) < 4.78 is 5.23. The highest BCUT2D eigenvalue weighted by atomic mass is 16.4. The number of aliphatic carboxylic acids is 1. The molecule has 0 fully saturated rings. The van der Waals surface area contributed by atoms with E-state index >= 15 is 0 Å². The summed E-state index contributed by atoms with van der Waals surface area (Å²) in [5.74, 6) is -0.798. The van der Waals surface area contributed by atoms with Crippen molar-refractivity contribution in [2.75, 3.05) is 0 Å². The largest absolute Gasteiger partial charge is 0.481 e. The van der Waals surface area contributed by atoms with E-state index in [9.17, 15) is 4.79 Å². The van der Waals surface area contributed by atoms with Crippen molar-refractivity contribution in [1.29, 1.82) is 0 Å². The molecule has 0 saturated carbocycles. The molecule has 0 saturated heterocycles. The van der Waals surface area contributed by atoms with Crippen LogP contribution in [0.1, 0.15) is 12.0 Å². The van der Waals surface area contributed by atoms with Crippen molar-refractivity contribution in [1.82, 2.24) is 4.98 Å². The summed E-state index contributed by atoms with van der Waals surface area (Å²) in [5.41, 5.74) is 1.62. The molecule has 0 bridgehead atoms. The van der Waals surface area contributed by atoms with E-state index in [4.69, 9.17) is 9.52 Å². The number of fused-ring (bicyclic) bond motifs is 1. The maximum atomic E-state index is 10.4. The van der Waals surface area contributed by atoms with Gasteiger partial charge in [-0.2, -0.15) is 0 Å². The van der Waals surface area contributed by atoms with Gasteiger partial charge < -0.3 is 9.52 Å². The van der Waals surface area contributed by atoms with Crippen LogP contribution in [0, 0.1) is 0 Å². The maximum Gasteiger partial charge on any atom is 0.303 e. The van der Waals surface area contributed by atoms with E-state index in [0.717, 1.165) is 10.9 Å². The SMILES string of the molecule is O=C(O)CCc1coc2cnccc12. The van der Waals surface area contributed by atoms with Gasteiger partial charge in [0.2, 0.25) is 0 Å². The van der Waals surface area contributed by atoms with Gasteiger partial charge >= 0.3 is 5.97 Å². The molecule has 0 aliphatic heterocycles. The van der Waals surface area contributed by atoms with Crippen molar-refractivity contribution in [2.45, 2.75) is 12.8 Å². The molecule has 2 rings (SSSR count). The van der Waals surface area contributed by atoms with Crippen molar-refractivity contribution in [3.05, 3.63) is 30.3 Å². The van der Waals surface area contributed by atoms with Gasteiger partial charge in [-0.25, -0.2) is 0 Å². The second-order valence-electron chi connectivity index (χ2n) is 3.03. The highest BCUT2D eigenvalue weighted by Gasteiger charge is 2.06. The molecule has 0 aromatic carbocycles. The number of furan rings is 1. The van der Waals surface area contributed by atoms with Crippen molar-refractivity contribution >= 4 is 16.9 Å². The summed E-state index contributed by atoms with van der Waals surface area (Å²) in [7, 11) is 0. The summed E-state index contributed by atoms with van der Waals surface area (Å²) in [5, 5.41) is 9.49. The van der Waals surface area contributed by atoms with Crippen LogP contribution >= 0.6 is 0 Å². The first-order valence-corrected chi connectivity index (χ1v) is 4.29. The lowest BCUT2D eigenvalue weighted by atomic mass is 10.1. The van der Waals surface area contributed by atoms with Gasteiger partial charge in [-0.3, -0.25) is 9.78 Å². The predicted molar refractivity (Wildman–Crippen MR) is 50.0 cm³/mol. The van der Waals surface area contributed by atoms with Crippen molar-refractivity contribution < 1.29 is 14.3 Å². The fourth-order valence-electron chi connectivity index (χ4n) is 1.37. The Hall–Kier alpha value is -1.84. The number of pyridine rings is 1. The van der Waals surface area contributed by atoms with Crippen LogP contribution in [0.2, 0.25) is 0 Å². The van der Waals surface area contributed by atoms with E-state index in [1.807, 2.05) is 6.07 Å². The molecule has 2 aromatic heterocycles. The van der Waals surface area contributed by atoms with Crippen LogP contribution in [0.4, 0.5) is 0 Å². The predicted octanol–water partition coefficient (Wildman–Crippen LogP) is 1.84. The number of hydrogen-bond acceptors (Lipinski definition) is 3. The number of nitrogens with zero attached hydrogens (tertiary/aromatic N) is 1. The normalized spacial score (nSPS) is 10.6. The van der Waals surface area contributed by atoms with Crippen molar-refractivity contribution in [3.8, 4) is 0 Å². The van der Waals surface area contributed by atoms with Crippen molar-refractivity contribution in [3.63, 3.8) is 0 Å². The zero-order valence-electron chi connectivity index (χ0n) is 7.43. The van der Waals surface area contributed by atoms with Crippen LogP contribution in [0.3, 0.4) is 0 Å². The van der Waals surface area contributed by atoms with Gasteiger partial charge in [0.05, 0.1) is 12.5 Å². The van der Waals surface area contributed by atoms with Crippen LogP contribution in [0.15, 0.2) is 29.1 Å². The van der Waals surface area contributed by atoms with Gasteiger partial charge in [0.25, 0.3) is 0 Å². The number of hydrogen-bond donors (Lipinski definition) is 1. The summed E-state index contributed by atoms with van der Waals surface area (Å²) >= 11 is 0. The van der Waals surface area contributed by atoms with Gasteiger partial charge in [0.15, 0.2) is 5.58 Å². The van der Waals surface area contributed by atoms with Crippen LogP contribution in [-0.4, -0.2) is 16.1 Å². The summed E-state index contributed by atoms with van der Waals surface area (Å²) in [4.78, 5) is 14.3. The number of carbonyl (C=O) groups is 1. The molecular weight excluding hydrogens is 182 g/mol. The minimum absolute atomic E-state index is 0.122. The molecule has 0 amide bonds. The van der Waals surface area contributed by atoms with E-state index in [1.54, 1.807) is 18.7 Å². The van der Waals surface area contributed by atoms with E-state index in [-0.39, 0.29) is 6.42 Å². The lowest BCUT2D eigenvalue weighted by molar-refractivity contribution is -0.136. The Labute approximate surface area is 80.2 Å². The summed E-state index contributed by atoms with van der Waals surface area (Å²) in [6, 6.07) is 1.83. The lowest BCUT2D eigenvalue weighted by Gasteiger charge is -1.93. The molecule has 1 N–H and O–H groups in total. The van der Waals surface area contributed by atoms with Gasteiger partial charge in [-0.05, 0) is 18.1 Å². The molecule has 0 aliphatic rings. The highest BCUT2D eigenvalue weighted by molar-refractivity contribution is 5.80. The Kier molecular flexibility index (Phi) is 2.18. The average Bonchev–Trinajstić information content (AvgIpc) is 2.58. The Balaban J connectivity index is 2.29. The third kappa shape index (κ3) is 1.59. The van der Waals surface area contributed by atoms with E-state index in [1.165, 1.54) is 0 Å². The topological polar surface area (TPSA) is 63.3 Å². The number of aryl methyl sites for hydroxylation is 1. The number of aromatic nitrogens is 1. The lowest BCUT2D eigenvalue weighted by Crippen LogP contribution is -1.96. The molecule has 14 heavy (non-hydrogen) atoms. The second-order valence-corrected chi connectivity index (χ2v) is 3.03. The monoisotopic (exact) mass is 191 g/mol. The van der Waals surface area contributed by atoms with Gasteiger partial charge in [-0.1, -0.05) is 0 Å². The third-order valence-electron chi connectivity index (χ3n) is 2.07. The fourth-order valence-corrected chi connectivity index (χ4v) is 1.37. The highest BCUT2D eigenvalue weighted by Crippen LogP contribution is 2.20. The Bertz CT molecular complexity index is 461. The first-order chi connectivity index (χ1) is 6.77. The smallest absolute Gasteiger partial charge is 0.303 e. The number of rotatable bonds is 3. The minimum atomic E-state index is -0.798. The quantitative estimate of drug-likeness (QED) is 0.804. The molecule has 4 nitrogen and oxygen atoms in total. The van der Waals surface area contributed by atoms with E-state index < -0.39 is 5.97 Å². The molecule has 0 radical (unpaired) electrons. The first-order valence-electron chi connectivity index (χ1n) is 4.29. The third-order valence-corrected chi connectivity index (χ3v) is 2.07. The van der Waals surface area contributed by atoms with E-state index in [0.29, 0.717) is 12.0 Å². The number of carboxylic acid groups (broad SMARTS) is 1. The standard InChI is InChI=1S/C10H9NO3/c12-10(13)2-1-7-6-14-9-5-11-4-3-8(7)9/h3-6H,1-2H2,(H,12,13). The molecular formula is C10H9NO3. The molecule has 0 unspecified atom stereocenters. The molecule has 0 spiro atoms. The van der Waals surface area contributed by atoms with Gasteiger partial charge in [0, 0.05) is 18.0 Å². The van der Waals surface area contributed by atoms with Crippen LogP contribution in [0.25, 0.3) is 11.0 Å². The second kappa shape index (κ2) is 3.49. The van der Waals surface area contributed by atoms with Crippen LogP contribution < -0.4 is 0 Å². The minimum Gasteiger partial charge on any atom is -0.481 e. The fraction of sp³-hybridized carbons (Fsp3) is 0.200. The molecule has 0 aliphatic carbocycles. The Morgan fingerprint density at radius 3 is 3.21 bits per heavy atom. The summed E-state index contributed by atoms with van der Waals surface area (Å²) in [6.45, 7) is 0. The van der Waals surface area contributed by atoms with Gasteiger partial charge in [-0.15, -0.1) is 0 Å². The zero-order valence-corrected chi connectivity index (χ0v) is 7.43. The number of carboxylic acids is 1. The molecule has 4 heteroatoms. The summed E-state index contributed by atoms with van der Waals surface area (Å²) in [6.07, 6.45) is 5.50. The van der Waals surface area contributed by atoms with Crippen LogP contribution in [-0.2, 0) is 11.2 Å². The molecule has 2 heterocycles.